The number of nitrogens with one attached hydrogen (secondary N) is 2. The third kappa shape index (κ3) is 5.35. The van der Waals surface area contributed by atoms with Crippen molar-refractivity contribution in [1.82, 2.24) is 14.8 Å². The van der Waals surface area contributed by atoms with Crippen LogP contribution >= 0.6 is 11.3 Å². The largest absolute Gasteiger partial charge is 0.325 e. The molecule has 29 heavy (non-hydrogen) atoms. The molecule has 2 aromatic heterocycles. The van der Waals surface area contributed by atoms with Crippen LogP contribution in [0.1, 0.15) is 40.7 Å². The number of carbonyl (C=O) groups excluding carboxylic acids is 2. The van der Waals surface area contributed by atoms with E-state index in [0.717, 1.165) is 10.6 Å². The minimum atomic E-state index is -0.329. The number of rotatable bonds is 6. The van der Waals surface area contributed by atoms with Crippen LogP contribution in [-0.4, -0.2) is 26.6 Å². The molecule has 0 saturated heterocycles. The highest BCUT2D eigenvalue weighted by molar-refractivity contribution is 7.15. The van der Waals surface area contributed by atoms with Gasteiger partial charge in [0.15, 0.2) is 0 Å². The summed E-state index contributed by atoms with van der Waals surface area (Å²) in [5, 5.41) is 14.7. The zero-order valence-electron chi connectivity index (χ0n) is 16.3. The third-order valence-corrected chi connectivity index (χ3v) is 5.17. The standard InChI is InChI=1S/C20H21N5O3S/c1-12(2)19-23-24-20(29-19)22-18(28)14-5-7-15(8-6-14)21-16(26)11-25-10-13(3)4-9-17(25)27/h4-10,12H,11H2,1-3H3,(H,21,26)(H,22,24,28). The molecule has 0 aliphatic rings. The number of nitrogens with zero attached hydrogens (tertiary/aromatic N) is 3. The lowest BCUT2D eigenvalue weighted by atomic mass is 10.2. The number of hydrogen-bond donors (Lipinski definition) is 2. The van der Waals surface area contributed by atoms with Crippen LogP contribution in [0.3, 0.4) is 0 Å². The first-order valence-corrected chi connectivity index (χ1v) is 9.85. The molecular formula is C20H21N5O3S. The quantitative estimate of drug-likeness (QED) is 0.649. The molecule has 0 unspecified atom stereocenters. The van der Waals surface area contributed by atoms with Gasteiger partial charge in [0.1, 0.15) is 11.6 Å². The summed E-state index contributed by atoms with van der Waals surface area (Å²) in [6, 6.07) is 9.60. The van der Waals surface area contributed by atoms with E-state index in [1.807, 2.05) is 20.8 Å². The molecule has 0 bridgehead atoms. The molecule has 0 radical (unpaired) electrons. The lowest BCUT2D eigenvalue weighted by Crippen LogP contribution is -2.26. The first-order chi connectivity index (χ1) is 13.8. The Morgan fingerprint density at radius 3 is 2.45 bits per heavy atom. The molecule has 3 aromatic rings. The first-order valence-electron chi connectivity index (χ1n) is 9.03. The Kier molecular flexibility index (Phi) is 6.18. The van der Waals surface area contributed by atoms with Gasteiger partial charge in [0, 0.05) is 29.4 Å². The maximum Gasteiger partial charge on any atom is 0.257 e. The molecule has 150 valence electrons. The van der Waals surface area contributed by atoms with E-state index < -0.39 is 0 Å². The number of benzene rings is 1. The molecule has 2 amide bonds. The maximum atomic E-state index is 12.3. The molecule has 3 rings (SSSR count). The molecule has 0 atom stereocenters. The molecule has 2 N–H and O–H groups in total. The summed E-state index contributed by atoms with van der Waals surface area (Å²) in [6.45, 7) is 5.78. The number of aromatic nitrogens is 3. The van der Waals surface area contributed by atoms with Crippen molar-refractivity contribution >= 4 is 34.0 Å². The molecule has 0 saturated carbocycles. The van der Waals surface area contributed by atoms with Gasteiger partial charge in [0.05, 0.1) is 0 Å². The minimum Gasteiger partial charge on any atom is -0.325 e. The summed E-state index contributed by atoms with van der Waals surface area (Å²) in [5.41, 5.74) is 1.61. The van der Waals surface area contributed by atoms with E-state index in [1.165, 1.54) is 22.0 Å². The lowest BCUT2D eigenvalue weighted by molar-refractivity contribution is -0.116. The summed E-state index contributed by atoms with van der Waals surface area (Å²) < 4.78 is 1.35. The van der Waals surface area contributed by atoms with Gasteiger partial charge in [-0.05, 0) is 36.8 Å². The Labute approximate surface area is 171 Å². The van der Waals surface area contributed by atoms with Crippen molar-refractivity contribution in [3.05, 3.63) is 69.1 Å². The minimum absolute atomic E-state index is 0.0853. The van der Waals surface area contributed by atoms with Crippen LogP contribution in [0, 0.1) is 6.92 Å². The Hall–Kier alpha value is -3.33. The van der Waals surface area contributed by atoms with E-state index >= 15 is 0 Å². The number of hydrogen-bond acceptors (Lipinski definition) is 6. The van der Waals surface area contributed by atoms with Crippen molar-refractivity contribution < 1.29 is 9.59 Å². The van der Waals surface area contributed by atoms with E-state index in [0.29, 0.717) is 16.4 Å². The topological polar surface area (TPSA) is 106 Å². The average Bonchev–Trinajstić information content (AvgIpc) is 3.14. The third-order valence-electron chi connectivity index (χ3n) is 4.03. The first kappa shape index (κ1) is 20.4. The van der Waals surface area contributed by atoms with Gasteiger partial charge in [-0.1, -0.05) is 31.3 Å². The molecule has 8 nitrogen and oxygen atoms in total. The van der Waals surface area contributed by atoms with Crippen molar-refractivity contribution in [3.63, 3.8) is 0 Å². The number of amides is 2. The molecule has 0 fully saturated rings. The van der Waals surface area contributed by atoms with Gasteiger partial charge in [0.25, 0.3) is 11.5 Å². The average molecular weight is 411 g/mol. The second-order valence-electron chi connectivity index (χ2n) is 6.85. The van der Waals surface area contributed by atoms with Crippen molar-refractivity contribution in [2.24, 2.45) is 0 Å². The number of anilines is 2. The normalized spacial score (nSPS) is 10.8. The molecule has 0 spiro atoms. The van der Waals surface area contributed by atoms with E-state index in [2.05, 4.69) is 20.8 Å². The number of carbonyl (C=O) groups is 2. The highest BCUT2D eigenvalue weighted by Gasteiger charge is 2.12. The van der Waals surface area contributed by atoms with Crippen molar-refractivity contribution in [2.45, 2.75) is 33.2 Å². The molecule has 0 aliphatic heterocycles. The van der Waals surface area contributed by atoms with Gasteiger partial charge in [-0.3, -0.25) is 19.7 Å². The summed E-state index contributed by atoms with van der Waals surface area (Å²) >= 11 is 1.34. The van der Waals surface area contributed by atoms with Crippen LogP contribution in [0.5, 0.6) is 0 Å². The number of aryl methyl sites for hydroxylation is 1. The van der Waals surface area contributed by atoms with E-state index in [-0.39, 0.29) is 29.8 Å². The monoisotopic (exact) mass is 411 g/mol. The fourth-order valence-corrected chi connectivity index (χ4v) is 3.26. The van der Waals surface area contributed by atoms with Gasteiger partial charge in [0.2, 0.25) is 11.0 Å². The van der Waals surface area contributed by atoms with Crippen LogP contribution in [0.25, 0.3) is 0 Å². The molecule has 0 aliphatic carbocycles. The van der Waals surface area contributed by atoms with Crippen LogP contribution in [-0.2, 0) is 11.3 Å². The van der Waals surface area contributed by atoms with Crippen LogP contribution in [0.4, 0.5) is 10.8 Å². The predicted octanol–water partition coefficient (Wildman–Crippen LogP) is 3.02. The highest BCUT2D eigenvalue weighted by atomic mass is 32.1. The van der Waals surface area contributed by atoms with Crippen molar-refractivity contribution in [3.8, 4) is 0 Å². The molecule has 1 aromatic carbocycles. The van der Waals surface area contributed by atoms with Gasteiger partial charge in [-0.15, -0.1) is 10.2 Å². The molecular weight excluding hydrogens is 390 g/mol. The highest BCUT2D eigenvalue weighted by Crippen LogP contribution is 2.23. The number of pyridine rings is 1. The second-order valence-corrected chi connectivity index (χ2v) is 7.86. The Morgan fingerprint density at radius 2 is 1.79 bits per heavy atom. The van der Waals surface area contributed by atoms with Gasteiger partial charge in [-0.25, -0.2) is 0 Å². The Bertz CT molecular complexity index is 1090. The summed E-state index contributed by atoms with van der Waals surface area (Å²) in [5.74, 6) is -0.387. The van der Waals surface area contributed by atoms with E-state index in [1.54, 1.807) is 36.5 Å². The summed E-state index contributed by atoms with van der Waals surface area (Å²) in [6.07, 6.45) is 1.63. The Morgan fingerprint density at radius 1 is 1.07 bits per heavy atom. The van der Waals surface area contributed by atoms with Gasteiger partial charge in [-0.2, -0.15) is 0 Å². The van der Waals surface area contributed by atoms with Crippen LogP contribution < -0.4 is 16.2 Å². The van der Waals surface area contributed by atoms with Gasteiger partial charge < -0.3 is 9.88 Å². The maximum absolute atomic E-state index is 12.3. The Balaban J connectivity index is 1.60. The summed E-state index contributed by atoms with van der Waals surface area (Å²) in [4.78, 5) is 36.3. The van der Waals surface area contributed by atoms with E-state index in [9.17, 15) is 14.4 Å². The molecule has 9 heteroatoms. The van der Waals surface area contributed by atoms with Gasteiger partial charge >= 0.3 is 0 Å². The van der Waals surface area contributed by atoms with Crippen LogP contribution in [0.15, 0.2) is 47.4 Å². The van der Waals surface area contributed by atoms with Crippen molar-refractivity contribution in [1.29, 1.82) is 0 Å². The smallest absolute Gasteiger partial charge is 0.257 e. The zero-order valence-corrected chi connectivity index (χ0v) is 17.1. The predicted molar refractivity (Wildman–Crippen MR) is 112 cm³/mol. The zero-order chi connectivity index (χ0) is 21.0. The van der Waals surface area contributed by atoms with Crippen molar-refractivity contribution in [2.75, 3.05) is 10.6 Å². The fraction of sp³-hybridized carbons (Fsp3) is 0.250. The second kappa shape index (κ2) is 8.78. The molecule has 2 heterocycles. The van der Waals surface area contributed by atoms with E-state index in [4.69, 9.17) is 0 Å². The SMILES string of the molecule is Cc1ccc(=O)n(CC(=O)Nc2ccc(C(=O)Nc3nnc(C(C)C)s3)cc2)c1. The lowest BCUT2D eigenvalue weighted by Gasteiger charge is -2.08. The van der Waals surface area contributed by atoms with Crippen LogP contribution in [0.2, 0.25) is 0 Å². The summed E-state index contributed by atoms with van der Waals surface area (Å²) in [7, 11) is 0. The fourth-order valence-electron chi connectivity index (χ4n) is 2.52.